The van der Waals surface area contributed by atoms with Crippen molar-refractivity contribution in [1.82, 2.24) is 0 Å². The van der Waals surface area contributed by atoms with Crippen molar-refractivity contribution in [2.45, 2.75) is 0 Å². The molecule has 0 amide bonds. The summed E-state index contributed by atoms with van der Waals surface area (Å²) in [7, 11) is 0. The van der Waals surface area contributed by atoms with Crippen LogP contribution in [0.15, 0.2) is 30.0 Å². The molecule has 0 radical (unpaired) electrons. The lowest BCUT2D eigenvalue weighted by Crippen LogP contribution is -1.95. The van der Waals surface area contributed by atoms with Crippen LogP contribution in [0.2, 0.25) is 0 Å². The Morgan fingerprint density at radius 2 is 2.12 bits per heavy atom. The predicted molar refractivity (Wildman–Crippen MR) is 56.0 cm³/mol. The van der Waals surface area contributed by atoms with Gasteiger partial charge in [0.2, 0.25) is 5.82 Å². The van der Waals surface area contributed by atoms with Gasteiger partial charge in [-0.1, -0.05) is 0 Å². The molecule has 1 rings (SSSR count). The number of nitro benzene ring substituents is 1. The lowest BCUT2D eigenvalue weighted by Gasteiger charge is -2.00. The van der Waals surface area contributed by atoms with Crippen molar-refractivity contribution in [3.63, 3.8) is 0 Å². The first-order chi connectivity index (χ1) is 8.08. The van der Waals surface area contributed by atoms with Gasteiger partial charge in [-0.3, -0.25) is 10.1 Å². The van der Waals surface area contributed by atoms with Gasteiger partial charge in [0.25, 0.3) is 0 Å². The smallest absolute Gasteiger partial charge is 0.306 e. The number of nitrogens with one attached hydrogen (secondary N) is 1. The molecule has 0 aliphatic carbocycles. The first kappa shape index (κ1) is 12.1. The average molecular weight is 232 g/mol. The van der Waals surface area contributed by atoms with Crippen molar-refractivity contribution >= 4 is 11.4 Å². The molecule has 17 heavy (non-hydrogen) atoms. The van der Waals surface area contributed by atoms with Crippen LogP contribution in [0.4, 0.5) is 15.8 Å². The summed E-state index contributed by atoms with van der Waals surface area (Å²) in [6, 6.07) is 6.35. The van der Waals surface area contributed by atoms with Gasteiger partial charge in [0, 0.05) is 18.0 Å². The second kappa shape index (κ2) is 5.24. The number of hydrogen-bond acceptors (Lipinski definition) is 5. The molecule has 84 valence electrons. The van der Waals surface area contributed by atoms with Gasteiger partial charge in [-0.15, -0.1) is 0 Å². The molecule has 0 fully saturated rings. The predicted octanol–water partition coefficient (Wildman–Crippen LogP) is 2.08. The van der Waals surface area contributed by atoms with Crippen molar-refractivity contribution in [2.24, 2.45) is 0 Å². The van der Waals surface area contributed by atoms with Gasteiger partial charge >= 0.3 is 5.69 Å². The Morgan fingerprint density at radius 3 is 2.65 bits per heavy atom. The molecule has 0 aliphatic rings. The highest BCUT2D eigenvalue weighted by molar-refractivity contribution is 5.54. The SMILES string of the molecule is N#CC(C#N)=CNc1ccc(F)c([N+](=O)[O-])c1. The molecular formula is C10H5FN4O2. The Kier molecular flexibility index (Phi) is 3.74. The summed E-state index contributed by atoms with van der Waals surface area (Å²) in [5.74, 6) is -0.953. The summed E-state index contributed by atoms with van der Waals surface area (Å²) < 4.78 is 13.0. The van der Waals surface area contributed by atoms with E-state index in [2.05, 4.69) is 5.32 Å². The van der Waals surface area contributed by atoms with E-state index >= 15 is 0 Å². The summed E-state index contributed by atoms with van der Waals surface area (Å²) in [5, 5.41) is 29.8. The summed E-state index contributed by atoms with van der Waals surface area (Å²) in [4.78, 5) is 9.58. The van der Waals surface area contributed by atoms with Gasteiger partial charge in [-0.2, -0.15) is 14.9 Å². The number of hydrogen-bond donors (Lipinski definition) is 1. The van der Waals surface area contributed by atoms with Crippen LogP contribution >= 0.6 is 0 Å². The fraction of sp³-hybridized carbons (Fsp3) is 0. The van der Waals surface area contributed by atoms with E-state index in [9.17, 15) is 14.5 Å². The third-order valence-electron chi connectivity index (χ3n) is 1.77. The number of benzene rings is 1. The van der Waals surface area contributed by atoms with E-state index < -0.39 is 16.4 Å². The maximum absolute atomic E-state index is 13.0. The van der Waals surface area contributed by atoms with Gasteiger partial charge in [0.05, 0.1) is 4.92 Å². The molecule has 0 aliphatic heterocycles. The van der Waals surface area contributed by atoms with Gasteiger partial charge in [0.15, 0.2) is 0 Å². The Balaban J connectivity index is 3.00. The highest BCUT2D eigenvalue weighted by Gasteiger charge is 2.13. The average Bonchev–Trinajstić information content (AvgIpc) is 2.32. The molecule has 1 aromatic carbocycles. The van der Waals surface area contributed by atoms with E-state index in [1.54, 1.807) is 12.1 Å². The molecule has 0 saturated carbocycles. The molecule has 0 aromatic heterocycles. The van der Waals surface area contributed by atoms with Crippen LogP contribution in [-0.2, 0) is 0 Å². The van der Waals surface area contributed by atoms with Crippen molar-refractivity contribution in [2.75, 3.05) is 5.32 Å². The summed E-state index contributed by atoms with van der Waals surface area (Å²) in [6.07, 6.45) is 1.08. The van der Waals surface area contributed by atoms with Gasteiger partial charge < -0.3 is 5.32 Å². The van der Waals surface area contributed by atoms with E-state index in [0.717, 1.165) is 18.3 Å². The maximum atomic E-state index is 13.0. The fourth-order valence-corrected chi connectivity index (χ4v) is 0.987. The van der Waals surface area contributed by atoms with Gasteiger partial charge in [-0.25, -0.2) is 0 Å². The third-order valence-corrected chi connectivity index (χ3v) is 1.77. The minimum atomic E-state index is -0.953. The van der Waals surface area contributed by atoms with Crippen LogP contribution in [-0.4, -0.2) is 4.92 Å². The van der Waals surface area contributed by atoms with Crippen molar-refractivity contribution in [1.29, 1.82) is 10.5 Å². The van der Waals surface area contributed by atoms with Crippen LogP contribution < -0.4 is 5.32 Å². The lowest BCUT2D eigenvalue weighted by atomic mass is 10.2. The monoisotopic (exact) mass is 232 g/mol. The molecule has 1 aromatic rings. The Bertz CT molecular complexity index is 553. The van der Waals surface area contributed by atoms with E-state index in [4.69, 9.17) is 10.5 Å². The van der Waals surface area contributed by atoms with E-state index in [1.165, 1.54) is 6.07 Å². The number of rotatable bonds is 3. The van der Waals surface area contributed by atoms with Crippen molar-refractivity contribution < 1.29 is 9.31 Å². The van der Waals surface area contributed by atoms with Crippen LogP contribution in [0.5, 0.6) is 0 Å². The van der Waals surface area contributed by atoms with Crippen LogP contribution in [0.25, 0.3) is 0 Å². The normalized spacial score (nSPS) is 8.65. The van der Waals surface area contributed by atoms with Crippen molar-refractivity contribution in [3.05, 3.63) is 45.9 Å². The number of nitriles is 2. The second-order valence-electron chi connectivity index (χ2n) is 2.85. The molecule has 1 N–H and O–H groups in total. The van der Waals surface area contributed by atoms with Crippen LogP contribution in [0, 0.1) is 38.6 Å². The first-order valence-electron chi connectivity index (χ1n) is 4.29. The summed E-state index contributed by atoms with van der Waals surface area (Å²) in [5.41, 5.74) is -0.669. The number of allylic oxidation sites excluding steroid dienone is 1. The number of nitro groups is 1. The highest BCUT2D eigenvalue weighted by Crippen LogP contribution is 2.21. The number of nitrogens with zero attached hydrogens (tertiary/aromatic N) is 3. The van der Waals surface area contributed by atoms with Crippen molar-refractivity contribution in [3.8, 4) is 12.1 Å². The largest absolute Gasteiger partial charge is 0.360 e. The van der Waals surface area contributed by atoms with Crippen LogP contribution in [0.3, 0.4) is 0 Å². The zero-order chi connectivity index (χ0) is 12.8. The molecule has 7 heteroatoms. The molecule has 0 saturated heterocycles. The van der Waals surface area contributed by atoms with Gasteiger partial charge in [0.1, 0.15) is 17.7 Å². The summed E-state index contributed by atoms with van der Waals surface area (Å²) in [6.45, 7) is 0. The molecule has 0 atom stereocenters. The number of anilines is 1. The maximum Gasteiger partial charge on any atom is 0.306 e. The molecule has 0 spiro atoms. The standard InChI is InChI=1S/C10H5FN4O2/c11-9-2-1-8(3-10(9)15(16)17)14-6-7(4-12)5-13/h1-3,6,14H. The second-order valence-corrected chi connectivity index (χ2v) is 2.85. The number of halogens is 1. The van der Waals surface area contributed by atoms with E-state index in [1.807, 2.05) is 0 Å². The zero-order valence-corrected chi connectivity index (χ0v) is 8.35. The highest BCUT2D eigenvalue weighted by atomic mass is 19.1. The molecule has 6 nitrogen and oxygen atoms in total. The molecule has 0 bridgehead atoms. The fourth-order valence-electron chi connectivity index (χ4n) is 0.987. The minimum absolute atomic E-state index is 0.197. The third kappa shape index (κ3) is 3.01. The summed E-state index contributed by atoms with van der Waals surface area (Å²) >= 11 is 0. The minimum Gasteiger partial charge on any atom is -0.360 e. The van der Waals surface area contributed by atoms with E-state index in [-0.39, 0.29) is 11.3 Å². The van der Waals surface area contributed by atoms with Gasteiger partial charge in [-0.05, 0) is 12.1 Å². The topological polar surface area (TPSA) is 103 Å². The molecule has 0 heterocycles. The molecular weight excluding hydrogens is 227 g/mol. The quantitative estimate of drug-likeness (QED) is 0.488. The Hall–Kier alpha value is -2.93. The molecule has 0 unspecified atom stereocenters. The zero-order valence-electron chi connectivity index (χ0n) is 8.35. The van der Waals surface area contributed by atoms with Crippen LogP contribution in [0.1, 0.15) is 0 Å². The first-order valence-corrected chi connectivity index (χ1v) is 4.29. The lowest BCUT2D eigenvalue weighted by molar-refractivity contribution is -0.387. The van der Waals surface area contributed by atoms with E-state index in [0.29, 0.717) is 0 Å². The Morgan fingerprint density at radius 1 is 1.47 bits per heavy atom. The Labute approximate surface area is 95.4 Å².